The summed E-state index contributed by atoms with van der Waals surface area (Å²) in [6.07, 6.45) is 1.98. The van der Waals surface area contributed by atoms with Crippen molar-refractivity contribution in [3.63, 3.8) is 0 Å². The molecule has 7 heteroatoms. The number of aryl methyl sites for hydroxylation is 1. The molecule has 1 aliphatic rings. The minimum atomic E-state index is -0.181. The zero-order valence-electron chi connectivity index (χ0n) is 15.0. The number of likely N-dealkylation sites (tertiary alicyclic amines) is 1. The molecule has 26 heavy (non-hydrogen) atoms. The van der Waals surface area contributed by atoms with Crippen LogP contribution < -0.4 is 16.0 Å². The zero-order valence-corrected chi connectivity index (χ0v) is 15.8. The molecule has 4 N–H and O–H groups in total. The van der Waals surface area contributed by atoms with Gasteiger partial charge >= 0.3 is 0 Å². The average molecular weight is 374 g/mol. The van der Waals surface area contributed by atoms with Crippen LogP contribution in [-0.2, 0) is 22.6 Å². The van der Waals surface area contributed by atoms with Gasteiger partial charge in [-0.2, -0.15) is 0 Å². The van der Waals surface area contributed by atoms with Crippen LogP contribution in [0.4, 0.5) is 5.69 Å². The van der Waals surface area contributed by atoms with Gasteiger partial charge in [0.1, 0.15) is 17.2 Å². The molecular formula is C19H25N4O2S+. The lowest BCUT2D eigenvalue weighted by Gasteiger charge is -2.27. The molecule has 0 radical (unpaired) electrons. The lowest BCUT2D eigenvalue weighted by atomic mass is 9.96. The van der Waals surface area contributed by atoms with Gasteiger partial charge in [0.25, 0.3) is 0 Å². The number of amides is 2. The zero-order chi connectivity index (χ0) is 18.5. The molecule has 6 nitrogen and oxygen atoms in total. The quantitative estimate of drug-likeness (QED) is 0.703. The summed E-state index contributed by atoms with van der Waals surface area (Å²) in [5.74, 6) is -0.209. The van der Waals surface area contributed by atoms with Crippen molar-refractivity contribution < 1.29 is 14.5 Å². The molecule has 2 aromatic rings. The topological polar surface area (TPSA) is 89.5 Å². The Bertz CT molecular complexity index is 764. The Morgan fingerprint density at radius 1 is 1.27 bits per heavy atom. The van der Waals surface area contributed by atoms with E-state index in [0.717, 1.165) is 54.4 Å². The molecule has 1 aliphatic heterocycles. The summed E-state index contributed by atoms with van der Waals surface area (Å²) in [6.45, 7) is 4.73. The van der Waals surface area contributed by atoms with Crippen molar-refractivity contribution in [2.24, 2.45) is 11.7 Å². The van der Waals surface area contributed by atoms with Crippen LogP contribution in [0.5, 0.6) is 0 Å². The summed E-state index contributed by atoms with van der Waals surface area (Å²) in [5, 5.41) is 5.76. The third kappa shape index (κ3) is 5.12. The third-order valence-corrected chi connectivity index (χ3v) is 5.67. The summed E-state index contributed by atoms with van der Waals surface area (Å²) in [4.78, 5) is 29.4. The van der Waals surface area contributed by atoms with E-state index in [0.29, 0.717) is 0 Å². The van der Waals surface area contributed by atoms with Gasteiger partial charge in [-0.15, -0.1) is 11.3 Å². The number of anilines is 1. The molecule has 0 aliphatic carbocycles. The second-order valence-electron chi connectivity index (χ2n) is 6.93. The van der Waals surface area contributed by atoms with Crippen molar-refractivity contribution in [3.05, 3.63) is 45.9 Å². The van der Waals surface area contributed by atoms with Crippen molar-refractivity contribution in [2.45, 2.75) is 32.7 Å². The van der Waals surface area contributed by atoms with Crippen molar-refractivity contribution in [2.75, 3.05) is 18.4 Å². The minimum absolute atomic E-state index is 0.0233. The number of thiazole rings is 1. The molecule has 0 atom stereocenters. The van der Waals surface area contributed by atoms with E-state index in [1.165, 1.54) is 16.2 Å². The molecular weight excluding hydrogens is 348 g/mol. The summed E-state index contributed by atoms with van der Waals surface area (Å²) >= 11 is 1.53. The minimum Gasteiger partial charge on any atom is -0.369 e. The predicted molar refractivity (Wildman–Crippen MR) is 102 cm³/mol. The molecule has 0 saturated carbocycles. The first-order valence-corrected chi connectivity index (χ1v) is 9.80. The van der Waals surface area contributed by atoms with Crippen molar-refractivity contribution >= 4 is 28.8 Å². The Morgan fingerprint density at radius 2 is 1.96 bits per heavy atom. The van der Waals surface area contributed by atoms with Crippen LogP contribution >= 0.6 is 11.3 Å². The van der Waals surface area contributed by atoms with E-state index in [4.69, 9.17) is 5.73 Å². The van der Waals surface area contributed by atoms with Gasteiger partial charge in [-0.3, -0.25) is 9.59 Å². The van der Waals surface area contributed by atoms with E-state index >= 15 is 0 Å². The normalized spacial score (nSPS) is 19.9. The number of hydrogen-bond acceptors (Lipinski definition) is 4. The molecule has 138 valence electrons. The standard InChI is InChI=1S/C19H24N4O2S/c1-13-2-4-15(5-3-13)21-17(24)10-18-22-16(12-26-18)11-23-8-6-14(7-9-23)19(20)25/h2-5,12,14H,6-11H2,1H3,(H2,20,25)(H,21,24)/p+1. The third-order valence-electron chi connectivity index (χ3n) is 4.77. The molecule has 2 heterocycles. The highest BCUT2D eigenvalue weighted by atomic mass is 32.1. The number of nitrogens with one attached hydrogen (secondary N) is 2. The average Bonchev–Trinajstić information content (AvgIpc) is 3.04. The molecule has 1 aromatic heterocycles. The Hall–Kier alpha value is -2.25. The summed E-state index contributed by atoms with van der Waals surface area (Å²) in [5.41, 5.74) is 8.36. The van der Waals surface area contributed by atoms with Gasteiger partial charge in [0.05, 0.1) is 19.5 Å². The molecule has 1 fully saturated rings. The maximum atomic E-state index is 12.2. The number of rotatable bonds is 6. The van der Waals surface area contributed by atoms with E-state index in [1.807, 2.05) is 36.6 Å². The molecule has 1 saturated heterocycles. The second kappa shape index (κ2) is 8.42. The number of nitrogens with zero attached hydrogens (tertiary/aromatic N) is 1. The van der Waals surface area contributed by atoms with Crippen LogP contribution in [0, 0.1) is 12.8 Å². The predicted octanol–water partition coefficient (Wildman–Crippen LogP) is 0.913. The fraction of sp³-hybridized carbons (Fsp3) is 0.421. The monoisotopic (exact) mass is 373 g/mol. The van der Waals surface area contributed by atoms with Gasteiger partial charge < -0.3 is 16.0 Å². The number of hydrogen-bond donors (Lipinski definition) is 3. The Balaban J connectivity index is 1.48. The summed E-state index contributed by atoms with van der Waals surface area (Å²) < 4.78 is 0. The molecule has 3 rings (SSSR count). The number of piperidine rings is 1. The summed E-state index contributed by atoms with van der Waals surface area (Å²) in [6, 6.07) is 7.75. The molecule has 2 amide bonds. The van der Waals surface area contributed by atoms with Gasteiger partial charge in [0.2, 0.25) is 11.8 Å². The van der Waals surface area contributed by atoms with Gasteiger partial charge in [-0.25, -0.2) is 4.98 Å². The maximum Gasteiger partial charge on any atom is 0.231 e. The Morgan fingerprint density at radius 3 is 2.62 bits per heavy atom. The van der Waals surface area contributed by atoms with Crippen LogP contribution in [0.2, 0.25) is 0 Å². The molecule has 0 spiro atoms. The first-order chi connectivity index (χ1) is 12.5. The number of benzene rings is 1. The van der Waals surface area contributed by atoms with Crippen molar-refractivity contribution in [3.8, 4) is 0 Å². The van der Waals surface area contributed by atoms with Crippen LogP contribution in [-0.4, -0.2) is 29.9 Å². The smallest absolute Gasteiger partial charge is 0.231 e. The van der Waals surface area contributed by atoms with Crippen LogP contribution in [0.25, 0.3) is 0 Å². The highest BCUT2D eigenvalue weighted by Crippen LogP contribution is 2.13. The van der Waals surface area contributed by atoms with Crippen molar-refractivity contribution in [1.29, 1.82) is 0 Å². The highest BCUT2D eigenvalue weighted by Gasteiger charge is 2.26. The van der Waals surface area contributed by atoms with Gasteiger partial charge in [-0.05, 0) is 19.1 Å². The first-order valence-electron chi connectivity index (χ1n) is 8.92. The largest absolute Gasteiger partial charge is 0.369 e. The molecule has 0 bridgehead atoms. The Labute approximate surface area is 157 Å². The second-order valence-corrected chi connectivity index (χ2v) is 7.87. The van der Waals surface area contributed by atoms with E-state index in [-0.39, 0.29) is 24.2 Å². The fourth-order valence-electron chi connectivity index (χ4n) is 3.23. The summed E-state index contributed by atoms with van der Waals surface area (Å²) in [7, 11) is 0. The maximum absolute atomic E-state index is 12.2. The van der Waals surface area contributed by atoms with Crippen LogP contribution in [0.15, 0.2) is 29.6 Å². The van der Waals surface area contributed by atoms with E-state index in [1.54, 1.807) is 0 Å². The number of primary amides is 1. The lowest BCUT2D eigenvalue weighted by molar-refractivity contribution is -0.919. The number of carbonyl (C=O) groups is 2. The van der Waals surface area contributed by atoms with E-state index < -0.39 is 0 Å². The van der Waals surface area contributed by atoms with Gasteiger partial charge in [-0.1, -0.05) is 17.7 Å². The molecule has 0 unspecified atom stereocenters. The van der Waals surface area contributed by atoms with E-state index in [2.05, 4.69) is 10.3 Å². The molecule has 1 aromatic carbocycles. The van der Waals surface area contributed by atoms with Gasteiger partial charge in [0.15, 0.2) is 0 Å². The number of quaternary nitrogens is 1. The number of aromatic nitrogens is 1. The first kappa shape index (κ1) is 18.5. The number of nitrogens with two attached hydrogens (primary N) is 1. The SMILES string of the molecule is Cc1ccc(NC(=O)Cc2nc(C[NH+]3CCC(C(N)=O)CC3)cs2)cc1. The number of carbonyl (C=O) groups excluding carboxylic acids is 2. The van der Waals surface area contributed by atoms with Crippen LogP contribution in [0.3, 0.4) is 0 Å². The fourth-order valence-corrected chi connectivity index (χ4v) is 4.03. The lowest BCUT2D eigenvalue weighted by Crippen LogP contribution is -3.11. The highest BCUT2D eigenvalue weighted by molar-refractivity contribution is 7.09. The van der Waals surface area contributed by atoms with Crippen LogP contribution in [0.1, 0.15) is 29.1 Å². The van der Waals surface area contributed by atoms with Gasteiger partial charge in [0, 0.05) is 29.8 Å². The van der Waals surface area contributed by atoms with Crippen molar-refractivity contribution in [1.82, 2.24) is 4.98 Å². The Kier molecular flexibility index (Phi) is 6.00. The van der Waals surface area contributed by atoms with E-state index in [9.17, 15) is 9.59 Å².